The van der Waals surface area contributed by atoms with Crippen LogP contribution in [0.1, 0.15) is 64.7 Å². The van der Waals surface area contributed by atoms with Gasteiger partial charge in [0.15, 0.2) is 0 Å². The molecule has 1 atom stereocenters. The Balaban J connectivity index is 3.70. The zero-order valence-electron chi connectivity index (χ0n) is 14.7. The van der Waals surface area contributed by atoms with Crippen LogP contribution >= 0.6 is 0 Å². The van der Waals surface area contributed by atoms with E-state index >= 15 is 0 Å². The topological polar surface area (TPSA) is 77.8 Å². The summed E-state index contributed by atoms with van der Waals surface area (Å²) in [5, 5.41) is 27.8. The minimum atomic E-state index is -0.986. The highest BCUT2D eigenvalue weighted by atomic mass is 16.4. The van der Waals surface area contributed by atoms with Gasteiger partial charge in [0.2, 0.25) is 0 Å². The molecule has 0 saturated heterocycles. The second-order valence-corrected chi connectivity index (χ2v) is 5.86. The van der Waals surface area contributed by atoms with Crippen LogP contribution in [0.25, 0.3) is 0 Å². The number of aliphatic carboxylic acids is 1. The van der Waals surface area contributed by atoms with Crippen molar-refractivity contribution >= 4 is 5.97 Å². The quantitative estimate of drug-likeness (QED) is 0.179. The number of allylic oxidation sites excluding steroid dienone is 6. The first-order valence-electron chi connectivity index (χ1n) is 8.87. The summed E-state index contributed by atoms with van der Waals surface area (Å²) >= 11 is 0. The van der Waals surface area contributed by atoms with Crippen LogP contribution in [0.5, 0.6) is 0 Å². The molecule has 1 unspecified atom stereocenters. The van der Waals surface area contributed by atoms with E-state index < -0.39 is 5.97 Å². The van der Waals surface area contributed by atoms with Gasteiger partial charge in [0.1, 0.15) is 5.76 Å². The predicted molar refractivity (Wildman–Crippen MR) is 99.0 cm³/mol. The van der Waals surface area contributed by atoms with E-state index in [4.69, 9.17) is 5.11 Å². The number of aliphatic hydroxyl groups excluding tert-OH is 2. The lowest BCUT2D eigenvalue weighted by Gasteiger charge is -2.09. The normalized spacial score (nSPS) is 14.2. The van der Waals surface area contributed by atoms with Crippen molar-refractivity contribution in [2.45, 2.75) is 70.8 Å². The number of carboxylic acids is 1. The van der Waals surface area contributed by atoms with Gasteiger partial charge < -0.3 is 15.3 Å². The van der Waals surface area contributed by atoms with Crippen LogP contribution in [0.15, 0.2) is 48.3 Å². The van der Waals surface area contributed by atoms with Gasteiger partial charge in [-0.25, -0.2) is 4.79 Å². The standard InChI is InChI=1S/C20H32O4/c1-2-3-8-13-18(21)14-9-4-5-10-15-19(22)16-11-6-7-12-17-20(23)24/h6-7,11-12,15-18,21-22H,2-5,8-10,13-14H2,1H3,(H,23,24). The molecule has 0 aromatic rings. The second kappa shape index (κ2) is 16.1. The van der Waals surface area contributed by atoms with Crippen molar-refractivity contribution in [1.82, 2.24) is 0 Å². The summed E-state index contributed by atoms with van der Waals surface area (Å²) < 4.78 is 0. The highest BCUT2D eigenvalue weighted by Crippen LogP contribution is 2.12. The first kappa shape index (κ1) is 22.2. The number of hydrogen-bond acceptors (Lipinski definition) is 3. The Morgan fingerprint density at radius 1 is 0.875 bits per heavy atom. The van der Waals surface area contributed by atoms with Gasteiger partial charge in [-0.05, 0) is 37.8 Å². The molecule has 0 aliphatic heterocycles. The van der Waals surface area contributed by atoms with Crippen LogP contribution in [0.2, 0.25) is 0 Å². The van der Waals surface area contributed by atoms with Gasteiger partial charge in [-0.2, -0.15) is 0 Å². The summed E-state index contributed by atoms with van der Waals surface area (Å²) in [5.41, 5.74) is 0. The van der Waals surface area contributed by atoms with E-state index in [0.29, 0.717) is 0 Å². The second-order valence-electron chi connectivity index (χ2n) is 5.86. The highest BCUT2D eigenvalue weighted by molar-refractivity contribution is 5.80. The largest absolute Gasteiger partial charge is 0.508 e. The Hall–Kier alpha value is -1.81. The SMILES string of the molecule is CCCCCC(O)CCCCCC=C(O)C=CC=CC=CC(=O)O. The fourth-order valence-electron chi connectivity index (χ4n) is 2.21. The molecular weight excluding hydrogens is 304 g/mol. The Kier molecular flexibility index (Phi) is 14.9. The third kappa shape index (κ3) is 16.6. The fraction of sp³-hybridized carbons (Fsp3) is 0.550. The van der Waals surface area contributed by atoms with Gasteiger partial charge in [-0.3, -0.25) is 0 Å². The number of carbonyl (C=O) groups is 1. The lowest BCUT2D eigenvalue weighted by Crippen LogP contribution is -2.05. The molecule has 0 amide bonds. The van der Waals surface area contributed by atoms with E-state index in [2.05, 4.69) is 6.92 Å². The molecule has 4 nitrogen and oxygen atoms in total. The van der Waals surface area contributed by atoms with Gasteiger partial charge >= 0.3 is 5.97 Å². The molecule has 3 N–H and O–H groups in total. The number of rotatable bonds is 14. The molecule has 136 valence electrons. The van der Waals surface area contributed by atoms with Crippen LogP contribution < -0.4 is 0 Å². The average molecular weight is 336 g/mol. The van der Waals surface area contributed by atoms with Gasteiger partial charge in [-0.15, -0.1) is 0 Å². The molecule has 0 aliphatic rings. The van der Waals surface area contributed by atoms with Crippen LogP contribution in [0.3, 0.4) is 0 Å². The molecule has 0 heterocycles. The summed E-state index contributed by atoms with van der Waals surface area (Å²) in [4.78, 5) is 10.2. The van der Waals surface area contributed by atoms with Gasteiger partial charge in [-0.1, -0.05) is 63.3 Å². The fourth-order valence-corrected chi connectivity index (χ4v) is 2.21. The molecule has 4 heteroatoms. The third-order valence-electron chi connectivity index (χ3n) is 3.57. The monoisotopic (exact) mass is 336 g/mol. The molecule has 0 spiro atoms. The molecule has 0 saturated carbocycles. The third-order valence-corrected chi connectivity index (χ3v) is 3.57. The molecule has 0 bridgehead atoms. The van der Waals surface area contributed by atoms with Crippen molar-refractivity contribution in [1.29, 1.82) is 0 Å². The van der Waals surface area contributed by atoms with Crippen molar-refractivity contribution in [3.05, 3.63) is 48.3 Å². The molecule has 0 fully saturated rings. The first-order chi connectivity index (χ1) is 11.6. The maximum absolute atomic E-state index is 10.2. The van der Waals surface area contributed by atoms with Crippen LogP contribution in [0.4, 0.5) is 0 Å². The number of carboxylic acid groups (broad SMARTS) is 1. The number of hydrogen-bond donors (Lipinski definition) is 3. The van der Waals surface area contributed by atoms with Crippen LogP contribution in [-0.2, 0) is 4.79 Å². The molecule has 0 aliphatic carbocycles. The maximum Gasteiger partial charge on any atom is 0.328 e. The maximum atomic E-state index is 10.2. The van der Waals surface area contributed by atoms with Crippen molar-refractivity contribution in [2.24, 2.45) is 0 Å². The summed E-state index contributed by atoms with van der Waals surface area (Å²) in [6.45, 7) is 2.16. The summed E-state index contributed by atoms with van der Waals surface area (Å²) in [5.74, 6) is -0.777. The van der Waals surface area contributed by atoms with Crippen molar-refractivity contribution in [2.75, 3.05) is 0 Å². The van der Waals surface area contributed by atoms with Gasteiger partial charge in [0.05, 0.1) is 6.10 Å². The van der Waals surface area contributed by atoms with E-state index in [1.807, 2.05) is 0 Å². The lowest BCUT2D eigenvalue weighted by molar-refractivity contribution is -0.131. The van der Waals surface area contributed by atoms with Crippen molar-refractivity contribution in [3.63, 3.8) is 0 Å². The Labute approximate surface area is 145 Å². The summed E-state index contributed by atoms with van der Waals surface area (Å²) in [7, 11) is 0. The highest BCUT2D eigenvalue weighted by Gasteiger charge is 2.02. The molecule has 0 aromatic carbocycles. The van der Waals surface area contributed by atoms with E-state index in [9.17, 15) is 15.0 Å². The van der Waals surface area contributed by atoms with Gasteiger partial charge in [0.25, 0.3) is 0 Å². The average Bonchev–Trinajstić information content (AvgIpc) is 2.54. The minimum absolute atomic E-state index is 0.162. The molecule has 0 radical (unpaired) electrons. The predicted octanol–water partition coefficient (Wildman–Crippen LogP) is 5.07. The Bertz CT molecular complexity index is 433. The number of unbranched alkanes of at least 4 members (excludes halogenated alkanes) is 5. The molecular formula is C20H32O4. The van der Waals surface area contributed by atoms with E-state index in [-0.39, 0.29) is 11.9 Å². The summed E-state index contributed by atoms with van der Waals surface area (Å²) in [6.07, 6.45) is 19.7. The van der Waals surface area contributed by atoms with Crippen molar-refractivity contribution < 1.29 is 20.1 Å². The van der Waals surface area contributed by atoms with E-state index in [1.54, 1.807) is 30.4 Å². The molecule has 0 aromatic heterocycles. The molecule has 0 rings (SSSR count). The minimum Gasteiger partial charge on any atom is -0.508 e. The lowest BCUT2D eigenvalue weighted by atomic mass is 10.0. The zero-order chi connectivity index (χ0) is 18.0. The van der Waals surface area contributed by atoms with Crippen LogP contribution in [0, 0.1) is 0 Å². The number of aliphatic hydroxyl groups is 2. The van der Waals surface area contributed by atoms with Gasteiger partial charge in [0, 0.05) is 6.08 Å². The Morgan fingerprint density at radius 2 is 1.50 bits per heavy atom. The van der Waals surface area contributed by atoms with E-state index in [1.165, 1.54) is 18.9 Å². The van der Waals surface area contributed by atoms with Crippen molar-refractivity contribution in [3.8, 4) is 0 Å². The first-order valence-corrected chi connectivity index (χ1v) is 8.87. The zero-order valence-corrected chi connectivity index (χ0v) is 14.7. The smallest absolute Gasteiger partial charge is 0.328 e. The van der Waals surface area contributed by atoms with E-state index in [0.717, 1.165) is 51.0 Å². The molecule has 24 heavy (non-hydrogen) atoms. The van der Waals surface area contributed by atoms with Crippen LogP contribution in [-0.4, -0.2) is 27.4 Å². The Morgan fingerprint density at radius 3 is 2.12 bits per heavy atom. The summed E-state index contributed by atoms with van der Waals surface area (Å²) in [6, 6.07) is 0.